The van der Waals surface area contributed by atoms with E-state index < -0.39 is 0 Å². The van der Waals surface area contributed by atoms with Crippen LogP contribution in [0.15, 0.2) is 41.6 Å². The van der Waals surface area contributed by atoms with Crippen LogP contribution in [-0.4, -0.2) is 17.6 Å². The molecule has 0 aliphatic heterocycles. The summed E-state index contributed by atoms with van der Waals surface area (Å²) in [6.45, 7) is 2.16. The lowest BCUT2D eigenvalue weighted by atomic mass is 10.1. The fraction of sp³-hybridized carbons (Fsp3) is 0.214. The fourth-order valence-electron chi connectivity index (χ4n) is 1.76. The summed E-state index contributed by atoms with van der Waals surface area (Å²) in [4.78, 5) is 0. The van der Waals surface area contributed by atoms with E-state index in [1.807, 2.05) is 37.3 Å². The van der Waals surface area contributed by atoms with E-state index in [4.69, 9.17) is 27.3 Å². The minimum absolute atomic E-state index is 0.151. The number of ether oxygens (including phenoxy) is 1. The molecule has 0 aliphatic carbocycles. The molecule has 1 atom stereocenters. The normalized spacial score (nSPS) is 13.5. The average Bonchev–Trinajstić information content (AvgIpc) is 2.45. The Morgan fingerprint density at radius 2 is 2.00 bits per heavy atom. The van der Waals surface area contributed by atoms with E-state index in [0.29, 0.717) is 11.6 Å². The molecule has 0 radical (unpaired) electrons. The zero-order valence-electron chi connectivity index (χ0n) is 10.5. The molecule has 3 N–H and O–H groups in total. The minimum atomic E-state index is -0.167. The lowest BCUT2D eigenvalue weighted by molar-refractivity contribution is 0.281. The van der Waals surface area contributed by atoms with Crippen molar-refractivity contribution >= 4 is 28.2 Å². The molecule has 0 saturated heterocycles. The highest BCUT2D eigenvalue weighted by Crippen LogP contribution is 2.31. The van der Waals surface area contributed by atoms with Gasteiger partial charge in [0.1, 0.15) is 11.6 Å². The van der Waals surface area contributed by atoms with Gasteiger partial charge in [0.15, 0.2) is 0 Å². The molecule has 0 saturated carbocycles. The molecule has 0 amide bonds. The van der Waals surface area contributed by atoms with E-state index in [1.54, 1.807) is 6.07 Å². The summed E-state index contributed by atoms with van der Waals surface area (Å²) in [5.41, 5.74) is 5.52. The predicted octanol–water partition coefficient (Wildman–Crippen LogP) is 3.25. The number of amidine groups is 1. The molecule has 5 heteroatoms. The first-order chi connectivity index (χ1) is 9.13. The second kappa shape index (κ2) is 5.80. The molecular formula is C14H15ClN2O2. The Balaban J connectivity index is 2.24. The molecule has 1 unspecified atom stereocenters. The summed E-state index contributed by atoms with van der Waals surface area (Å²) in [6.07, 6.45) is 0. The fourth-order valence-corrected chi connectivity index (χ4v) is 1.99. The summed E-state index contributed by atoms with van der Waals surface area (Å²) in [7, 11) is 0. The van der Waals surface area contributed by atoms with Gasteiger partial charge in [0.2, 0.25) is 0 Å². The minimum Gasteiger partial charge on any atom is -0.492 e. The van der Waals surface area contributed by atoms with Crippen LogP contribution >= 0.6 is 11.6 Å². The van der Waals surface area contributed by atoms with Crippen molar-refractivity contribution in [2.24, 2.45) is 16.8 Å². The van der Waals surface area contributed by atoms with Crippen LogP contribution in [-0.2, 0) is 0 Å². The van der Waals surface area contributed by atoms with Crippen LogP contribution < -0.4 is 10.5 Å². The van der Waals surface area contributed by atoms with E-state index in [0.717, 1.165) is 16.5 Å². The van der Waals surface area contributed by atoms with Crippen LogP contribution in [0, 0.1) is 5.92 Å². The van der Waals surface area contributed by atoms with Crippen molar-refractivity contribution in [2.75, 3.05) is 6.61 Å². The van der Waals surface area contributed by atoms with E-state index >= 15 is 0 Å². The predicted molar refractivity (Wildman–Crippen MR) is 77.0 cm³/mol. The van der Waals surface area contributed by atoms with Crippen LogP contribution in [0.2, 0.25) is 5.02 Å². The molecule has 0 fully saturated rings. The topological polar surface area (TPSA) is 67.8 Å². The van der Waals surface area contributed by atoms with Crippen LogP contribution in [0.3, 0.4) is 0 Å². The van der Waals surface area contributed by atoms with E-state index in [2.05, 4.69) is 5.16 Å². The molecule has 4 nitrogen and oxygen atoms in total. The van der Waals surface area contributed by atoms with E-state index in [-0.39, 0.29) is 11.8 Å². The Bertz CT molecular complexity index is 613. The summed E-state index contributed by atoms with van der Waals surface area (Å²) in [5, 5.41) is 14.1. The molecule has 2 aromatic carbocycles. The Kier molecular flexibility index (Phi) is 4.12. The van der Waals surface area contributed by atoms with Gasteiger partial charge in [-0.25, -0.2) is 0 Å². The van der Waals surface area contributed by atoms with Gasteiger partial charge in [-0.05, 0) is 12.1 Å². The average molecular weight is 279 g/mol. The highest BCUT2D eigenvalue weighted by atomic mass is 35.5. The van der Waals surface area contributed by atoms with Crippen LogP contribution in [0.4, 0.5) is 0 Å². The Morgan fingerprint density at radius 1 is 1.32 bits per heavy atom. The third kappa shape index (κ3) is 2.90. The zero-order valence-corrected chi connectivity index (χ0v) is 11.3. The molecule has 0 spiro atoms. The van der Waals surface area contributed by atoms with Crippen molar-refractivity contribution in [3.8, 4) is 5.75 Å². The number of halogens is 1. The first-order valence-corrected chi connectivity index (χ1v) is 6.28. The standard InChI is InChI=1S/C14H15ClN2O2/c1-9(14(16)17-18)8-19-13-7-6-12(15)10-4-2-3-5-11(10)13/h2-7,9,18H,8H2,1H3,(H2,16,17). The van der Waals surface area contributed by atoms with Crippen molar-refractivity contribution in [3.63, 3.8) is 0 Å². The molecule has 0 heterocycles. The number of oxime groups is 1. The maximum Gasteiger partial charge on any atom is 0.145 e. The largest absolute Gasteiger partial charge is 0.492 e. The van der Waals surface area contributed by atoms with Gasteiger partial charge in [0.05, 0.1) is 12.5 Å². The third-order valence-electron chi connectivity index (χ3n) is 2.94. The van der Waals surface area contributed by atoms with Crippen molar-refractivity contribution in [3.05, 3.63) is 41.4 Å². The van der Waals surface area contributed by atoms with Gasteiger partial charge in [0, 0.05) is 15.8 Å². The smallest absolute Gasteiger partial charge is 0.145 e. The molecule has 2 rings (SSSR count). The first kappa shape index (κ1) is 13.5. The summed E-state index contributed by atoms with van der Waals surface area (Å²) in [6, 6.07) is 11.4. The lowest BCUT2D eigenvalue weighted by Gasteiger charge is -2.13. The molecule has 0 aromatic heterocycles. The van der Waals surface area contributed by atoms with E-state index in [9.17, 15) is 0 Å². The second-order valence-corrected chi connectivity index (χ2v) is 4.74. The maximum atomic E-state index is 8.60. The van der Waals surface area contributed by atoms with E-state index in [1.165, 1.54) is 0 Å². The van der Waals surface area contributed by atoms with Gasteiger partial charge in [-0.15, -0.1) is 0 Å². The SMILES string of the molecule is CC(COc1ccc(Cl)c2ccccc12)/C(N)=N/O. The second-order valence-electron chi connectivity index (χ2n) is 4.33. The van der Waals surface area contributed by atoms with Gasteiger partial charge in [0.25, 0.3) is 0 Å². The molecule has 0 aliphatic rings. The molecule has 0 bridgehead atoms. The van der Waals surface area contributed by atoms with Gasteiger partial charge < -0.3 is 15.7 Å². The van der Waals surface area contributed by atoms with Gasteiger partial charge in [-0.3, -0.25) is 0 Å². The first-order valence-electron chi connectivity index (χ1n) is 5.91. The van der Waals surface area contributed by atoms with Crippen molar-refractivity contribution in [2.45, 2.75) is 6.92 Å². The van der Waals surface area contributed by atoms with Crippen molar-refractivity contribution in [1.82, 2.24) is 0 Å². The number of rotatable bonds is 4. The lowest BCUT2D eigenvalue weighted by Crippen LogP contribution is -2.26. The molecular weight excluding hydrogens is 264 g/mol. The maximum absolute atomic E-state index is 8.60. The zero-order chi connectivity index (χ0) is 13.8. The van der Waals surface area contributed by atoms with Crippen LogP contribution in [0.25, 0.3) is 10.8 Å². The number of hydrogen-bond donors (Lipinski definition) is 2. The number of hydrogen-bond acceptors (Lipinski definition) is 3. The summed E-state index contributed by atoms with van der Waals surface area (Å²) in [5.74, 6) is 0.718. The van der Waals surface area contributed by atoms with Crippen molar-refractivity contribution in [1.29, 1.82) is 0 Å². The number of benzene rings is 2. The summed E-state index contributed by atoms with van der Waals surface area (Å²) >= 11 is 6.14. The highest BCUT2D eigenvalue weighted by Gasteiger charge is 2.10. The number of fused-ring (bicyclic) bond motifs is 1. The van der Waals surface area contributed by atoms with Gasteiger partial charge in [-0.2, -0.15) is 0 Å². The van der Waals surface area contributed by atoms with Crippen LogP contribution in [0.1, 0.15) is 6.92 Å². The Hall–Kier alpha value is -1.94. The van der Waals surface area contributed by atoms with Crippen molar-refractivity contribution < 1.29 is 9.94 Å². The summed E-state index contributed by atoms with van der Waals surface area (Å²) < 4.78 is 5.73. The van der Waals surface area contributed by atoms with Crippen LogP contribution in [0.5, 0.6) is 5.75 Å². The molecule has 19 heavy (non-hydrogen) atoms. The monoisotopic (exact) mass is 278 g/mol. The van der Waals surface area contributed by atoms with Gasteiger partial charge >= 0.3 is 0 Å². The van der Waals surface area contributed by atoms with Gasteiger partial charge in [-0.1, -0.05) is 47.9 Å². The molecule has 2 aromatic rings. The number of nitrogens with zero attached hydrogens (tertiary/aromatic N) is 1. The highest BCUT2D eigenvalue weighted by molar-refractivity contribution is 6.35. The Labute approximate surface area is 116 Å². The third-order valence-corrected chi connectivity index (χ3v) is 3.27. The quantitative estimate of drug-likeness (QED) is 0.390. The molecule has 100 valence electrons. The number of nitrogens with two attached hydrogens (primary N) is 1. The Morgan fingerprint density at radius 3 is 2.68 bits per heavy atom.